The topological polar surface area (TPSA) is 237 Å². The van der Waals surface area contributed by atoms with Gasteiger partial charge >= 0.3 is 39.5 Å². The van der Waals surface area contributed by atoms with Crippen molar-refractivity contribution in [2.45, 2.75) is 349 Å². The number of carbonyl (C=O) groups is 4. The SMILES string of the molecule is CCCCCCCCCCCCCC(=O)OC[C@H](COP(=O)(O)OC[C@@H](O)COP(=O)(O)OC[C@@H](COC(=O)CCCCCCCCC)OC(=O)CCCCCCCCC(C)C)OC(=O)CCCCCCCCCCCCCCCCC(C)CC. The second-order valence-corrected chi connectivity index (χ2v) is 27.5. The van der Waals surface area contributed by atoms with Gasteiger partial charge in [-0.3, -0.25) is 37.3 Å². The number of rotatable bonds is 65. The minimum atomic E-state index is -4.95. The van der Waals surface area contributed by atoms with Gasteiger partial charge in [0.1, 0.15) is 19.3 Å². The van der Waals surface area contributed by atoms with Gasteiger partial charge in [-0.2, -0.15) is 0 Å². The molecule has 19 heteroatoms. The van der Waals surface area contributed by atoms with Crippen molar-refractivity contribution < 1.29 is 80.2 Å². The number of phosphoric acid groups is 2. The number of aliphatic hydroxyl groups excluding tert-OH is 1. The molecule has 504 valence electrons. The number of unbranched alkanes of at least 4 members (excludes halogenated alkanes) is 34. The van der Waals surface area contributed by atoms with Crippen LogP contribution in [0.1, 0.15) is 330 Å². The van der Waals surface area contributed by atoms with Crippen LogP contribution in [0.2, 0.25) is 0 Å². The lowest BCUT2D eigenvalue weighted by molar-refractivity contribution is -0.161. The van der Waals surface area contributed by atoms with Crippen molar-refractivity contribution in [1.82, 2.24) is 0 Å². The molecule has 0 fully saturated rings. The average Bonchev–Trinajstić information content (AvgIpc) is 3.61. The molecule has 0 rings (SSSR count). The first-order chi connectivity index (χ1) is 40.9. The highest BCUT2D eigenvalue weighted by Gasteiger charge is 2.30. The van der Waals surface area contributed by atoms with Gasteiger partial charge in [0.05, 0.1) is 26.4 Å². The Morgan fingerprint density at radius 2 is 0.600 bits per heavy atom. The molecule has 3 N–H and O–H groups in total. The molecule has 0 aliphatic heterocycles. The van der Waals surface area contributed by atoms with Crippen molar-refractivity contribution >= 4 is 39.5 Å². The van der Waals surface area contributed by atoms with Crippen molar-refractivity contribution in [3.05, 3.63) is 0 Å². The smallest absolute Gasteiger partial charge is 0.462 e. The van der Waals surface area contributed by atoms with Gasteiger partial charge in [-0.05, 0) is 37.5 Å². The third-order valence-electron chi connectivity index (χ3n) is 15.6. The lowest BCUT2D eigenvalue weighted by Crippen LogP contribution is -2.30. The molecule has 6 atom stereocenters. The predicted octanol–water partition coefficient (Wildman–Crippen LogP) is 18.4. The molecule has 85 heavy (non-hydrogen) atoms. The second-order valence-electron chi connectivity index (χ2n) is 24.6. The van der Waals surface area contributed by atoms with Crippen LogP contribution in [0, 0.1) is 11.8 Å². The Bertz CT molecular complexity index is 1670. The molecule has 0 spiro atoms. The lowest BCUT2D eigenvalue weighted by Gasteiger charge is -2.21. The van der Waals surface area contributed by atoms with Crippen molar-refractivity contribution in [2.75, 3.05) is 39.6 Å². The maximum atomic E-state index is 13.0. The number of ether oxygens (including phenoxy) is 4. The highest BCUT2D eigenvalue weighted by Crippen LogP contribution is 2.45. The molecule has 0 aromatic heterocycles. The molecule has 0 aromatic rings. The van der Waals surface area contributed by atoms with E-state index in [2.05, 4.69) is 41.5 Å². The largest absolute Gasteiger partial charge is 0.472 e. The Morgan fingerprint density at radius 1 is 0.341 bits per heavy atom. The monoisotopic (exact) mass is 1250 g/mol. The van der Waals surface area contributed by atoms with Gasteiger partial charge in [-0.25, -0.2) is 9.13 Å². The van der Waals surface area contributed by atoms with E-state index >= 15 is 0 Å². The molecule has 17 nitrogen and oxygen atoms in total. The Labute approximate surface area is 517 Å². The molecule has 0 aromatic carbocycles. The van der Waals surface area contributed by atoms with E-state index in [0.717, 1.165) is 109 Å². The van der Waals surface area contributed by atoms with Gasteiger partial charge in [0.25, 0.3) is 0 Å². The second kappa shape index (κ2) is 58.4. The summed E-state index contributed by atoms with van der Waals surface area (Å²) < 4.78 is 67.9. The summed E-state index contributed by atoms with van der Waals surface area (Å²) >= 11 is 0. The van der Waals surface area contributed by atoms with Crippen LogP contribution in [0.15, 0.2) is 0 Å². The van der Waals surface area contributed by atoms with Crippen molar-refractivity contribution in [3.8, 4) is 0 Å². The quantitative estimate of drug-likeness (QED) is 0.0222. The molecular formula is C66H128O17P2. The van der Waals surface area contributed by atoms with Crippen molar-refractivity contribution in [3.63, 3.8) is 0 Å². The summed E-state index contributed by atoms with van der Waals surface area (Å²) in [5.41, 5.74) is 0. The van der Waals surface area contributed by atoms with E-state index in [0.29, 0.717) is 31.6 Å². The van der Waals surface area contributed by atoms with Crippen LogP contribution in [0.25, 0.3) is 0 Å². The maximum absolute atomic E-state index is 13.0. The predicted molar refractivity (Wildman–Crippen MR) is 340 cm³/mol. The zero-order chi connectivity index (χ0) is 62.9. The number of hydrogen-bond donors (Lipinski definition) is 3. The minimum Gasteiger partial charge on any atom is -0.462 e. The van der Waals surface area contributed by atoms with Crippen LogP contribution in [-0.2, 0) is 65.4 Å². The Morgan fingerprint density at radius 3 is 0.894 bits per heavy atom. The van der Waals surface area contributed by atoms with Crippen LogP contribution in [0.5, 0.6) is 0 Å². The molecule has 0 bridgehead atoms. The van der Waals surface area contributed by atoms with Gasteiger partial charge in [0.15, 0.2) is 12.2 Å². The van der Waals surface area contributed by atoms with Gasteiger partial charge in [0, 0.05) is 25.7 Å². The van der Waals surface area contributed by atoms with Crippen LogP contribution < -0.4 is 0 Å². The molecule has 0 aliphatic rings. The summed E-state index contributed by atoms with van der Waals surface area (Å²) in [7, 11) is -9.88. The van der Waals surface area contributed by atoms with Gasteiger partial charge < -0.3 is 33.8 Å². The first-order valence-electron chi connectivity index (χ1n) is 34.5. The normalized spacial score (nSPS) is 14.6. The van der Waals surface area contributed by atoms with Crippen LogP contribution >= 0.6 is 15.6 Å². The molecular weight excluding hydrogens is 1130 g/mol. The summed E-state index contributed by atoms with van der Waals surface area (Å²) in [5.74, 6) is -0.623. The minimum absolute atomic E-state index is 0.102. The van der Waals surface area contributed by atoms with E-state index in [1.807, 2.05) is 0 Å². The van der Waals surface area contributed by atoms with Gasteiger partial charge in [-0.15, -0.1) is 0 Å². The first-order valence-corrected chi connectivity index (χ1v) is 37.5. The summed E-state index contributed by atoms with van der Waals surface area (Å²) in [6.45, 7) is 9.43. The number of esters is 4. The highest BCUT2D eigenvalue weighted by atomic mass is 31.2. The maximum Gasteiger partial charge on any atom is 0.472 e. The Hall–Kier alpha value is -1.94. The molecule has 0 aliphatic carbocycles. The van der Waals surface area contributed by atoms with Gasteiger partial charge in [0.2, 0.25) is 0 Å². The third kappa shape index (κ3) is 59.5. The van der Waals surface area contributed by atoms with Crippen molar-refractivity contribution in [2.24, 2.45) is 11.8 Å². The standard InChI is InChI=1S/C66H128O17P2/c1-7-10-12-14-16-17-22-26-30-37-43-49-64(69)77-55-61(82-65(70)50-44-38-31-27-24-21-19-18-20-23-25-29-35-41-47-59(6)9-3)56-80-84(72,73)78-52-60(67)53-79-85(74,75)81-57-62(54-76-63(68)48-42-36-28-15-13-11-8-2)83-66(71)51-45-39-33-32-34-40-46-58(4)5/h58-62,67H,7-57H2,1-6H3,(H,72,73)(H,74,75)/t59?,60-,61-,62-/m1/s1. The Kier molecular flexibility index (Phi) is 57.1. The third-order valence-corrected chi connectivity index (χ3v) is 17.5. The van der Waals surface area contributed by atoms with E-state index < -0.39 is 97.5 Å². The van der Waals surface area contributed by atoms with Gasteiger partial charge in [-0.1, -0.05) is 279 Å². The fraction of sp³-hybridized carbons (Fsp3) is 0.939. The van der Waals surface area contributed by atoms with E-state index in [1.165, 1.54) is 135 Å². The van der Waals surface area contributed by atoms with Crippen LogP contribution in [0.4, 0.5) is 0 Å². The molecule has 0 radical (unpaired) electrons. The number of carbonyl (C=O) groups excluding carboxylic acids is 4. The first kappa shape index (κ1) is 83.1. The van der Waals surface area contributed by atoms with E-state index in [4.69, 9.17) is 37.0 Å². The highest BCUT2D eigenvalue weighted by molar-refractivity contribution is 7.47. The number of phosphoric ester groups is 2. The van der Waals surface area contributed by atoms with E-state index in [9.17, 15) is 43.2 Å². The molecule has 0 amide bonds. The number of aliphatic hydroxyl groups is 1. The summed E-state index contributed by atoms with van der Waals surface area (Å²) in [5, 5.41) is 10.5. The summed E-state index contributed by atoms with van der Waals surface area (Å²) in [6.07, 6.45) is 41.9. The zero-order valence-corrected chi connectivity index (χ0v) is 56.7. The average molecular weight is 1260 g/mol. The van der Waals surface area contributed by atoms with Crippen LogP contribution in [0.3, 0.4) is 0 Å². The summed E-state index contributed by atoms with van der Waals surface area (Å²) in [6, 6.07) is 0. The van der Waals surface area contributed by atoms with E-state index in [-0.39, 0.29) is 25.7 Å². The fourth-order valence-corrected chi connectivity index (χ4v) is 11.4. The van der Waals surface area contributed by atoms with E-state index in [1.54, 1.807) is 0 Å². The lowest BCUT2D eigenvalue weighted by atomic mass is 9.99. The van der Waals surface area contributed by atoms with Crippen molar-refractivity contribution in [1.29, 1.82) is 0 Å². The van der Waals surface area contributed by atoms with Crippen LogP contribution in [-0.4, -0.2) is 96.7 Å². The molecule has 0 saturated carbocycles. The number of hydrogen-bond acceptors (Lipinski definition) is 15. The molecule has 3 unspecified atom stereocenters. The summed E-state index contributed by atoms with van der Waals surface area (Å²) in [4.78, 5) is 72.1. The molecule has 0 heterocycles. The fourth-order valence-electron chi connectivity index (χ4n) is 9.85. The Balaban J connectivity index is 5.17. The molecule has 0 saturated heterocycles. The zero-order valence-electron chi connectivity index (χ0n) is 54.9.